The third kappa shape index (κ3) is 4.96. The quantitative estimate of drug-likeness (QED) is 0.613. The van der Waals surface area contributed by atoms with Gasteiger partial charge < -0.3 is 24.2 Å². The Morgan fingerprint density at radius 1 is 1.23 bits per heavy atom. The molecule has 1 unspecified atom stereocenters. The number of hydrogen-bond acceptors (Lipinski definition) is 6. The fourth-order valence-corrected chi connectivity index (χ4v) is 3.68. The average Bonchev–Trinajstić information content (AvgIpc) is 3.46. The Labute approximate surface area is 181 Å². The third-order valence-corrected chi connectivity index (χ3v) is 5.28. The molecule has 1 aliphatic rings. The molecule has 4 rings (SSSR count). The van der Waals surface area contributed by atoms with Crippen molar-refractivity contribution in [3.63, 3.8) is 0 Å². The maximum atomic E-state index is 12.7. The lowest BCUT2D eigenvalue weighted by Crippen LogP contribution is -2.33. The average molecular weight is 422 g/mol. The van der Waals surface area contributed by atoms with Gasteiger partial charge in [0.25, 0.3) is 5.89 Å². The van der Waals surface area contributed by atoms with Crippen LogP contribution in [0.3, 0.4) is 0 Å². The highest BCUT2D eigenvalue weighted by Gasteiger charge is 2.28. The van der Waals surface area contributed by atoms with Crippen LogP contribution in [0.5, 0.6) is 11.5 Å². The third-order valence-electron chi connectivity index (χ3n) is 5.28. The van der Waals surface area contributed by atoms with Crippen LogP contribution >= 0.6 is 0 Å². The van der Waals surface area contributed by atoms with Crippen molar-refractivity contribution in [3.05, 3.63) is 54.4 Å². The van der Waals surface area contributed by atoms with Crippen molar-refractivity contribution in [2.24, 2.45) is 5.92 Å². The molecule has 8 nitrogen and oxygen atoms in total. The molecule has 162 valence electrons. The van der Waals surface area contributed by atoms with Crippen molar-refractivity contribution in [2.45, 2.75) is 19.8 Å². The molecule has 1 fully saturated rings. The van der Waals surface area contributed by atoms with Gasteiger partial charge in [-0.2, -0.15) is 4.98 Å². The molecule has 1 aliphatic heterocycles. The van der Waals surface area contributed by atoms with Crippen molar-refractivity contribution in [1.29, 1.82) is 0 Å². The molecule has 2 heterocycles. The van der Waals surface area contributed by atoms with Crippen LogP contribution in [0, 0.1) is 5.92 Å². The van der Waals surface area contributed by atoms with Gasteiger partial charge in [-0.25, -0.2) is 4.79 Å². The fraction of sp³-hybridized carbons (Fsp3) is 0.348. The second-order valence-electron chi connectivity index (χ2n) is 7.41. The Bertz CT molecular complexity index is 1020. The van der Waals surface area contributed by atoms with Crippen LogP contribution in [0.1, 0.15) is 19.2 Å². The Morgan fingerprint density at radius 3 is 2.81 bits per heavy atom. The number of nitrogens with one attached hydrogen (secondary N) is 1. The number of para-hydroxylation sites is 2. The summed E-state index contributed by atoms with van der Waals surface area (Å²) in [5, 5.41) is 7.07. The van der Waals surface area contributed by atoms with E-state index >= 15 is 0 Å². The molecule has 0 saturated carbocycles. The highest BCUT2D eigenvalue weighted by atomic mass is 16.5. The number of carbonyl (C=O) groups is 1. The van der Waals surface area contributed by atoms with E-state index < -0.39 is 0 Å². The highest BCUT2D eigenvalue weighted by molar-refractivity contribution is 5.91. The molecular weight excluding hydrogens is 396 g/mol. The Kier molecular flexibility index (Phi) is 6.35. The normalized spacial score (nSPS) is 15.7. The number of amides is 2. The first-order chi connectivity index (χ1) is 15.2. The first-order valence-corrected chi connectivity index (χ1v) is 10.4. The molecule has 3 aromatic rings. The van der Waals surface area contributed by atoms with E-state index in [4.69, 9.17) is 14.0 Å². The standard InChI is InChI=1S/C23H26N4O4/c1-3-30-20-7-5-4-6-19(20)24-23(28)27-13-12-16(15-27)14-21-25-22(31-26-21)17-8-10-18(29-2)11-9-17/h4-11,16H,3,12-15H2,1-2H3,(H,24,28). The summed E-state index contributed by atoms with van der Waals surface area (Å²) < 4.78 is 16.2. The summed E-state index contributed by atoms with van der Waals surface area (Å²) in [6, 6.07) is 14.8. The Morgan fingerprint density at radius 2 is 2.03 bits per heavy atom. The van der Waals surface area contributed by atoms with E-state index in [-0.39, 0.29) is 11.9 Å². The molecule has 0 bridgehead atoms. The van der Waals surface area contributed by atoms with E-state index in [9.17, 15) is 4.79 Å². The fourth-order valence-electron chi connectivity index (χ4n) is 3.68. The summed E-state index contributed by atoms with van der Waals surface area (Å²) in [5.41, 5.74) is 1.53. The zero-order valence-corrected chi connectivity index (χ0v) is 17.7. The van der Waals surface area contributed by atoms with E-state index in [1.807, 2.05) is 60.4 Å². The predicted octanol–water partition coefficient (Wildman–Crippen LogP) is 4.24. The summed E-state index contributed by atoms with van der Waals surface area (Å²) in [4.78, 5) is 19.0. The Balaban J connectivity index is 1.33. The molecule has 2 amide bonds. The molecule has 8 heteroatoms. The Hall–Kier alpha value is -3.55. The maximum Gasteiger partial charge on any atom is 0.321 e. The van der Waals surface area contributed by atoms with Crippen LogP contribution in [-0.2, 0) is 6.42 Å². The van der Waals surface area contributed by atoms with Crippen LogP contribution in [0.15, 0.2) is 53.1 Å². The molecule has 2 aromatic carbocycles. The van der Waals surface area contributed by atoms with Crippen molar-refractivity contribution in [3.8, 4) is 23.0 Å². The smallest absolute Gasteiger partial charge is 0.321 e. The number of ether oxygens (including phenoxy) is 2. The molecule has 1 aromatic heterocycles. The van der Waals surface area contributed by atoms with Gasteiger partial charge in [0.05, 0.1) is 19.4 Å². The molecule has 0 radical (unpaired) electrons. The summed E-state index contributed by atoms with van der Waals surface area (Å²) in [5.74, 6) is 2.87. The van der Waals surface area contributed by atoms with E-state index in [1.54, 1.807) is 7.11 Å². The van der Waals surface area contributed by atoms with Gasteiger partial charge in [-0.05, 0) is 55.7 Å². The first-order valence-electron chi connectivity index (χ1n) is 10.4. The van der Waals surface area contributed by atoms with Gasteiger partial charge in [-0.15, -0.1) is 0 Å². The van der Waals surface area contributed by atoms with Gasteiger partial charge in [0.1, 0.15) is 11.5 Å². The van der Waals surface area contributed by atoms with Gasteiger partial charge in [-0.3, -0.25) is 0 Å². The number of benzene rings is 2. The van der Waals surface area contributed by atoms with Crippen molar-refractivity contribution < 1.29 is 18.8 Å². The maximum absolute atomic E-state index is 12.7. The molecule has 1 saturated heterocycles. The minimum absolute atomic E-state index is 0.123. The number of likely N-dealkylation sites (tertiary alicyclic amines) is 1. The number of hydrogen-bond donors (Lipinski definition) is 1. The summed E-state index contributed by atoms with van der Waals surface area (Å²) >= 11 is 0. The van der Waals surface area contributed by atoms with E-state index in [2.05, 4.69) is 15.5 Å². The summed E-state index contributed by atoms with van der Waals surface area (Å²) in [6.45, 7) is 3.80. The van der Waals surface area contributed by atoms with Crippen LogP contribution in [0.25, 0.3) is 11.5 Å². The van der Waals surface area contributed by atoms with E-state index in [0.717, 1.165) is 17.7 Å². The minimum atomic E-state index is -0.123. The lowest BCUT2D eigenvalue weighted by molar-refractivity contribution is 0.220. The van der Waals surface area contributed by atoms with Crippen LogP contribution < -0.4 is 14.8 Å². The molecule has 31 heavy (non-hydrogen) atoms. The van der Waals surface area contributed by atoms with Crippen molar-refractivity contribution in [1.82, 2.24) is 15.0 Å². The number of anilines is 1. The van der Waals surface area contributed by atoms with E-state index in [0.29, 0.717) is 49.3 Å². The second kappa shape index (κ2) is 9.51. The molecule has 1 atom stereocenters. The largest absolute Gasteiger partial charge is 0.497 e. The zero-order chi connectivity index (χ0) is 21.6. The number of carbonyl (C=O) groups excluding carboxylic acids is 1. The highest BCUT2D eigenvalue weighted by Crippen LogP contribution is 2.27. The zero-order valence-electron chi connectivity index (χ0n) is 17.7. The van der Waals surface area contributed by atoms with Crippen LogP contribution in [-0.4, -0.2) is 47.9 Å². The number of urea groups is 1. The lowest BCUT2D eigenvalue weighted by Gasteiger charge is -2.18. The van der Waals surface area contributed by atoms with Gasteiger partial charge in [0.2, 0.25) is 0 Å². The van der Waals surface area contributed by atoms with Crippen LogP contribution in [0.2, 0.25) is 0 Å². The molecule has 0 aliphatic carbocycles. The summed E-state index contributed by atoms with van der Waals surface area (Å²) in [6.07, 6.45) is 1.56. The number of aromatic nitrogens is 2. The topological polar surface area (TPSA) is 89.7 Å². The molecule has 0 spiro atoms. The SMILES string of the molecule is CCOc1ccccc1NC(=O)N1CCC(Cc2noc(-c3ccc(OC)cc3)n2)C1. The van der Waals surface area contributed by atoms with Gasteiger partial charge >= 0.3 is 6.03 Å². The van der Waals surface area contributed by atoms with Crippen molar-refractivity contribution in [2.75, 3.05) is 32.1 Å². The first kappa shape index (κ1) is 20.7. The monoisotopic (exact) mass is 422 g/mol. The molecule has 1 N–H and O–H groups in total. The lowest BCUT2D eigenvalue weighted by atomic mass is 10.1. The number of rotatable bonds is 7. The predicted molar refractivity (Wildman–Crippen MR) is 116 cm³/mol. The van der Waals surface area contributed by atoms with Gasteiger partial charge in [0, 0.05) is 25.1 Å². The van der Waals surface area contributed by atoms with Crippen LogP contribution in [0.4, 0.5) is 10.5 Å². The minimum Gasteiger partial charge on any atom is -0.497 e. The second-order valence-corrected chi connectivity index (χ2v) is 7.41. The van der Waals surface area contributed by atoms with Crippen molar-refractivity contribution >= 4 is 11.7 Å². The van der Waals surface area contributed by atoms with Gasteiger partial charge in [0.15, 0.2) is 5.82 Å². The number of methoxy groups -OCH3 is 1. The number of nitrogens with zero attached hydrogens (tertiary/aromatic N) is 3. The van der Waals surface area contributed by atoms with E-state index in [1.165, 1.54) is 0 Å². The van der Waals surface area contributed by atoms with Gasteiger partial charge in [-0.1, -0.05) is 17.3 Å². The molecular formula is C23H26N4O4. The summed E-state index contributed by atoms with van der Waals surface area (Å²) in [7, 11) is 1.63.